The van der Waals surface area contributed by atoms with Crippen molar-refractivity contribution in [1.29, 1.82) is 0 Å². The van der Waals surface area contributed by atoms with Crippen LogP contribution < -0.4 is 10.6 Å². The minimum absolute atomic E-state index is 0.0662. The van der Waals surface area contributed by atoms with E-state index < -0.39 is 23.4 Å². The molecule has 2 aliphatic rings. The Hall–Kier alpha value is -1.51. The quantitative estimate of drug-likeness (QED) is 0.438. The SMILES string of the molecule is CCOC(=O)C1(C)CNCC1O.CCOC(=O)C1CNCC1=O. The predicted octanol–water partition coefficient (Wildman–Crippen LogP) is -1.14. The summed E-state index contributed by atoms with van der Waals surface area (Å²) in [7, 11) is 0. The first-order chi connectivity index (χ1) is 10.9. The van der Waals surface area contributed by atoms with Crippen LogP contribution in [0.25, 0.3) is 0 Å². The van der Waals surface area contributed by atoms with Gasteiger partial charge in [-0.25, -0.2) is 0 Å². The largest absolute Gasteiger partial charge is 0.465 e. The minimum Gasteiger partial charge on any atom is -0.465 e. The summed E-state index contributed by atoms with van der Waals surface area (Å²) in [6, 6.07) is 0. The maximum absolute atomic E-state index is 11.4. The van der Waals surface area contributed by atoms with Gasteiger partial charge in [0.2, 0.25) is 0 Å². The first-order valence-electron chi connectivity index (χ1n) is 7.82. The number of carbonyl (C=O) groups excluding carboxylic acids is 3. The first kappa shape index (κ1) is 19.5. The molecule has 0 saturated carbocycles. The molecule has 3 atom stereocenters. The van der Waals surface area contributed by atoms with Gasteiger partial charge in [-0.2, -0.15) is 0 Å². The fourth-order valence-corrected chi connectivity index (χ4v) is 2.35. The van der Waals surface area contributed by atoms with Gasteiger partial charge >= 0.3 is 11.9 Å². The molecule has 2 rings (SSSR count). The van der Waals surface area contributed by atoms with Crippen molar-refractivity contribution in [2.45, 2.75) is 26.9 Å². The van der Waals surface area contributed by atoms with Crippen molar-refractivity contribution in [2.75, 3.05) is 39.4 Å². The van der Waals surface area contributed by atoms with Gasteiger partial charge < -0.3 is 25.2 Å². The number of hydrogen-bond acceptors (Lipinski definition) is 8. The zero-order valence-electron chi connectivity index (χ0n) is 13.9. The van der Waals surface area contributed by atoms with Gasteiger partial charge in [-0.1, -0.05) is 0 Å². The summed E-state index contributed by atoms with van der Waals surface area (Å²) in [5.41, 5.74) is -0.754. The Balaban J connectivity index is 0.000000231. The Bertz CT molecular complexity index is 442. The number of esters is 2. The number of aliphatic hydroxyl groups excluding tert-OH is 1. The highest BCUT2D eigenvalue weighted by atomic mass is 16.5. The average molecular weight is 330 g/mol. The average Bonchev–Trinajstić information content (AvgIpc) is 3.08. The smallest absolute Gasteiger partial charge is 0.317 e. The van der Waals surface area contributed by atoms with Crippen LogP contribution in [0.4, 0.5) is 0 Å². The molecule has 2 fully saturated rings. The molecule has 3 N–H and O–H groups in total. The molecule has 0 bridgehead atoms. The van der Waals surface area contributed by atoms with Gasteiger partial charge in [0.1, 0.15) is 11.3 Å². The highest BCUT2D eigenvalue weighted by Gasteiger charge is 2.45. The second kappa shape index (κ2) is 8.95. The lowest BCUT2D eigenvalue weighted by atomic mass is 9.87. The molecule has 8 heteroatoms. The van der Waals surface area contributed by atoms with Crippen LogP contribution in [0.3, 0.4) is 0 Å². The number of nitrogens with one attached hydrogen (secondary N) is 2. The molecule has 0 aromatic carbocycles. The number of rotatable bonds is 4. The maximum Gasteiger partial charge on any atom is 0.317 e. The van der Waals surface area contributed by atoms with Crippen LogP contribution in [-0.4, -0.2) is 68.3 Å². The third-order valence-corrected chi connectivity index (χ3v) is 3.91. The number of Topliss-reactive ketones (excluding diaryl/α,β-unsaturated/α-hetero) is 1. The topological polar surface area (TPSA) is 114 Å². The number of ether oxygens (including phenoxy) is 2. The lowest BCUT2D eigenvalue weighted by Gasteiger charge is -2.23. The van der Waals surface area contributed by atoms with Gasteiger partial charge in [-0.15, -0.1) is 0 Å². The molecular formula is C15H26N2O6. The molecule has 0 aliphatic carbocycles. The fraction of sp³-hybridized carbons (Fsp3) is 0.800. The van der Waals surface area contributed by atoms with Crippen molar-refractivity contribution < 1.29 is 29.0 Å². The fourth-order valence-electron chi connectivity index (χ4n) is 2.35. The van der Waals surface area contributed by atoms with Crippen molar-refractivity contribution in [2.24, 2.45) is 11.3 Å². The molecule has 8 nitrogen and oxygen atoms in total. The molecule has 132 valence electrons. The maximum atomic E-state index is 11.4. The molecular weight excluding hydrogens is 304 g/mol. The Morgan fingerprint density at radius 3 is 2.30 bits per heavy atom. The predicted molar refractivity (Wildman–Crippen MR) is 81.6 cm³/mol. The third-order valence-electron chi connectivity index (χ3n) is 3.91. The Morgan fingerprint density at radius 2 is 1.87 bits per heavy atom. The van der Waals surface area contributed by atoms with Crippen molar-refractivity contribution >= 4 is 17.7 Å². The number of β-amino-alcohol motifs (C(OH)–C–C–N with tert-alkyl or cyclic N) is 1. The van der Waals surface area contributed by atoms with Crippen LogP contribution in [0, 0.1) is 11.3 Å². The zero-order valence-corrected chi connectivity index (χ0v) is 13.9. The number of hydrogen-bond donors (Lipinski definition) is 3. The summed E-state index contributed by atoms with van der Waals surface area (Å²) < 4.78 is 9.56. The van der Waals surface area contributed by atoms with Crippen LogP contribution in [0.1, 0.15) is 20.8 Å². The molecule has 3 unspecified atom stereocenters. The van der Waals surface area contributed by atoms with Gasteiger partial charge in [0, 0.05) is 19.6 Å². The summed E-state index contributed by atoms with van der Waals surface area (Å²) in [5, 5.41) is 15.2. The summed E-state index contributed by atoms with van der Waals surface area (Å²) in [5.74, 6) is -1.34. The van der Waals surface area contributed by atoms with Crippen LogP contribution in [-0.2, 0) is 23.9 Å². The van der Waals surface area contributed by atoms with Crippen molar-refractivity contribution in [3.05, 3.63) is 0 Å². The molecule has 2 aliphatic heterocycles. The number of ketones is 1. The van der Waals surface area contributed by atoms with E-state index in [1.165, 1.54) is 0 Å². The highest BCUT2D eigenvalue weighted by molar-refractivity contribution is 6.01. The minimum atomic E-state index is -0.754. The normalized spacial score (nSPS) is 29.7. The van der Waals surface area contributed by atoms with E-state index in [1.54, 1.807) is 20.8 Å². The van der Waals surface area contributed by atoms with E-state index in [0.717, 1.165) is 0 Å². The third kappa shape index (κ3) is 4.98. The lowest BCUT2D eigenvalue weighted by molar-refractivity contribution is -0.158. The van der Waals surface area contributed by atoms with Gasteiger partial charge in [0.05, 0.1) is 25.9 Å². The van der Waals surface area contributed by atoms with E-state index in [9.17, 15) is 19.5 Å². The van der Waals surface area contributed by atoms with Crippen molar-refractivity contribution in [3.8, 4) is 0 Å². The van der Waals surface area contributed by atoms with Gasteiger partial charge in [-0.3, -0.25) is 14.4 Å². The van der Waals surface area contributed by atoms with E-state index in [4.69, 9.17) is 9.47 Å². The van der Waals surface area contributed by atoms with Crippen LogP contribution >= 0.6 is 0 Å². The first-order valence-corrected chi connectivity index (χ1v) is 7.82. The standard InChI is InChI=1S/C8H15NO3.C7H11NO3/c1-3-12-7(11)8(2)5-9-4-6(8)10;1-2-11-7(10)5-3-8-4-6(5)9/h6,9-10H,3-5H2,1-2H3;5,8H,2-4H2,1H3. The number of carbonyl (C=O) groups is 3. The molecule has 0 aromatic rings. The van der Waals surface area contributed by atoms with E-state index in [-0.39, 0.29) is 11.8 Å². The molecule has 2 heterocycles. The van der Waals surface area contributed by atoms with Gasteiger partial charge in [-0.05, 0) is 20.8 Å². The van der Waals surface area contributed by atoms with Crippen molar-refractivity contribution in [1.82, 2.24) is 10.6 Å². The Kier molecular flexibility index (Phi) is 7.60. The highest BCUT2D eigenvalue weighted by Crippen LogP contribution is 2.26. The van der Waals surface area contributed by atoms with E-state index in [1.807, 2.05) is 0 Å². The van der Waals surface area contributed by atoms with Crippen LogP contribution in [0.2, 0.25) is 0 Å². The molecule has 2 saturated heterocycles. The van der Waals surface area contributed by atoms with Crippen molar-refractivity contribution in [3.63, 3.8) is 0 Å². The monoisotopic (exact) mass is 330 g/mol. The van der Waals surface area contributed by atoms with E-state index in [2.05, 4.69) is 10.6 Å². The molecule has 0 radical (unpaired) electrons. The molecule has 0 spiro atoms. The summed E-state index contributed by atoms with van der Waals surface area (Å²) in [6.45, 7) is 7.59. The van der Waals surface area contributed by atoms with Crippen LogP contribution in [0.5, 0.6) is 0 Å². The summed E-state index contributed by atoms with van der Waals surface area (Å²) in [4.78, 5) is 33.3. The zero-order chi connectivity index (χ0) is 17.5. The van der Waals surface area contributed by atoms with Crippen LogP contribution in [0.15, 0.2) is 0 Å². The Labute approximate surface area is 135 Å². The van der Waals surface area contributed by atoms with E-state index in [0.29, 0.717) is 39.4 Å². The van der Waals surface area contributed by atoms with E-state index >= 15 is 0 Å². The Morgan fingerprint density at radius 1 is 1.22 bits per heavy atom. The molecule has 0 amide bonds. The summed E-state index contributed by atoms with van der Waals surface area (Å²) in [6.07, 6.45) is -0.628. The van der Waals surface area contributed by atoms with Gasteiger partial charge in [0.15, 0.2) is 5.78 Å². The van der Waals surface area contributed by atoms with Gasteiger partial charge in [0.25, 0.3) is 0 Å². The lowest BCUT2D eigenvalue weighted by Crippen LogP contribution is -2.40. The molecule has 0 aromatic heterocycles. The summed E-state index contributed by atoms with van der Waals surface area (Å²) >= 11 is 0. The number of aliphatic hydroxyl groups is 1. The molecule has 23 heavy (non-hydrogen) atoms. The second-order valence-electron chi connectivity index (χ2n) is 5.69. The second-order valence-corrected chi connectivity index (χ2v) is 5.69.